The Morgan fingerprint density at radius 3 is 2.40 bits per heavy atom. The zero-order chi connectivity index (χ0) is 17.4. The van der Waals surface area contributed by atoms with Crippen LogP contribution in [0.1, 0.15) is 50.6 Å². The van der Waals surface area contributed by atoms with E-state index in [1.807, 2.05) is 0 Å². The Morgan fingerprint density at radius 1 is 1.20 bits per heavy atom. The summed E-state index contributed by atoms with van der Waals surface area (Å²) in [6.45, 7) is 0.347. The van der Waals surface area contributed by atoms with Crippen molar-refractivity contribution in [2.24, 2.45) is 23.2 Å². The van der Waals surface area contributed by atoms with Crippen molar-refractivity contribution >= 4 is 35.0 Å². The lowest BCUT2D eigenvalue weighted by Crippen LogP contribution is -2.53. The highest BCUT2D eigenvalue weighted by Crippen LogP contribution is 2.60. The molecule has 1 heterocycles. The summed E-state index contributed by atoms with van der Waals surface area (Å²) >= 11 is 6.93. The molecule has 0 radical (unpaired) electrons. The Bertz CT molecular complexity index is 643. The number of amides is 1. The van der Waals surface area contributed by atoms with Gasteiger partial charge in [-0.1, -0.05) is 16.1 Å². The van der Waals surface area contributed by atoms with Crippen LogP contribution in [0.3, 0.4) is 0 Å². The molecule has 4 aliphatic carbocycles. The molecule has 0 aromatic carbocycles. The molecule has 25 heavy (non-hydrogen) atoms. The smallest absolute Gasteiger partial charge is 0.307 e. The van der Waals surface area contributed by atoms with Gasteiger partial charge in [-0.2, -0.15) is 0 Å². The topological polar surface area (TPSA) is 81.2 Å². The second-order valence-corrected chi connectivity index (χ2v) is 9.21. The minimum Gasteiger partial charge on any atom is -0.459 e. The molecule has 4 bridgehead atoms. The summed E-state index contributed by atoms with van der Waals surface area (Å²) in [5, 5.41) is 6.78. The maximum Gasteiger partial charge on any atom is 0.307 e. The van der Waals surface area contributed by atoms with E-state index in [-0.39, 0.29) is 30.3 Å². The molecule has 0 saturated heterocycles. The molecule has 1 N–H and O–H groups in total. The van der Waals surface area contributed by atoms with E-state index < -0.39 is 0 Å². The van der Waals surface area contributed by atoms with E-state index in [2.05, 4.69) is 14.9 Å². The van der Waals surface area contributed by atoms with Gasteiger partial charge in [0.1, 0.15) is 16.6 Å². The number of nitrogens with zero attached hydrogens (tertiary/aromatic N) is 2. The fraction of sp³-hybridized carbons (Fsp3) is 0.765. The molecule has 6 nitrogen and oxygen atoms in total. The van der Waals surface area contributed by atoms with E-state index in [4.69, 9.17) is 16.3 Å². The molecule has 0 unspecified atom stereocenters. The Labute approximate surface area is 155 Å². The molecular weight excluding hydrogens is 362 g/mol. The first-order valence-electron chi connectivity index (χ1n) is 8.95. The number of carbonyl (C=O) groups excluding carboxylic acids is 2. The van der Waals surface area contributed by atoms with Crippen molar-refractivity contribution in [3.8, 4) is 0 Å². The summed E-state index contributed by atoms with van der Waals surface area (Å²) in [6.07, 6.45) is 7.19. The first-order valence-corrected chi connectivity index (χ1v) is 10.1. The Morgan fingerprint density at radius 2 is 1.84 bits per heavy atom. The molecule has 0 atom stereocenters. The van der Waals surface area contributed by atoms with Crippen molar-refractivity contribution in [2.45, 2.75) is 51.6 Å². The van der Waals surface area contributed by atoms with Gasteiger partial charge in [-0.15, -0.1) is 5.10 Å². The fourth-order valence-electron chi connectivity index (χ4n) is 5.36. The van der Waals surface area contributed by atoms with Gasteiger partial charge in [-0.05, 0) is 56.3 Å². The van der Waals surface area contributed by atoms with Gasteiger partial charge >= 0.3 is 5.97 Å². The largest absolute Gasteiger partial charge is 0.459 e. The monoisotopic (exact) mass is 383 g/mol. The van der Waals surface area contributed by atoms with Crippen LogP contribution in [0.15, 0.2) is 0 Å². The molecule has 1 amide bonds. The standard InChI is InChI=1S/C17H22ClN3O3S/c18-15-13(20-21-25-15)9-24-14(22)1-2-19-16(23)17-6-10-3-11(7-17)5-12(4-10)8-17/h10-12H,1-9H2,(H,19,23). The summed E-state index contributed by atoms with van der Waals surface area (Å²) in [5.41, 5.74) is 0.302. The number of ether oxygens (including phenoxy) is 1. The van der Waals surface area contributed by atoms with Gasteiger partial charge in [-0.25, -0.2) is 0 Å². The first kappa shape index (κ1) is 17.2. The molecule has 136 valence electrons. The van der Waals surface area contributed by atoms with Gasteiger partial charge in [0, 0.05) is 23.5 Å². The molecule has 5 rings (SSSR count). The van der Waals surface area contributed by atoms with Gasteiger partial charge in [0.2, 0.25) is 5.91 Å². The van der Waals surface area contributed by atoms with Gasteiger partial charge < -0.3 is 10.1 Å². The zero-order valence-electron chi connectivity index (χ0n) is 14.0. The van der Waals surface area contributed by atoms with Crippen molar-refractivity contribution in [2.75, 3.05) is 6.54 Å². The number of hydrogen-bond donors (Lipinski definition) is 1. The van der Waals surface area contributed by atoms with Crippen LogP contribution < -0.4 is 5.32 Å². The number of rotatable bonds is 6. The maximum absolute atomic E-state index is 12.8. The molecule has 1 aromatic rings. The number of esters is 1. The minimum absolute atomic E-state index is 0.0249. The third kappa shape index (κ3) is 3.53. The number of halogens is 1. The lowest BCUT2D eigenvalue weighted by Gasteiger charge is -2.55. The number of nitrogens with one attached hydrogen (secondary N) is 1. The van der Waals surface area contributed by atoms with Crippen molar-refractivity contribution in [3.05, 3.63) is 10.0 Å². The predicted octanol–water partition coefficient (Wildman–Crippen LogP) is 2.96. The highest BCUT2D eigenvalue weighted by molar-refractivity contribution is 7.10. The highest BCUT2D eigenvalue weighted by Gasteiger charge is 2.54. The van der Waals surface area contributed by atoms with Crippen LogP contribution in [0.2, 0.25) is 4.34 Å². The van der Waals surface area contributed by atoms with Crippen molar-refractivity contribution in [3.63, 3.8) is 0 Å². The Kier molecular flexibility index (Phi) is 4.71. The second-order valence-electron chi connectivity index (χ2n) is 7.86. The molecule has 0 spiro atoms. The van der Waals surface area contributed by atoms with Crippen LogP contribution in [0, 0.1) is 23.2 Å². The lowest BCUT2D eigenvalue weighted by atomic mass is 9.49. The zero-order valence-corrected chi connectivity index (χ0v) is 15.6. The van der Waals surface area contributed by atoms with Crippen LogP contribution in [-0.2, 0) is 20.9 Å². The van der Waals surface area contributed by atoms with Gasteiger partial charge in [0.05, 0.1) is 6.42 Å². The van der Waals surface area contributed by atoms with E-state index >= 15 is 0 Å². The van der Waals surface area contributed by atoms with Crippen molar-refractivity contribution in [1.82, 2.24) is 14.9 Å². The summed E-state index contributed by atoms with van der Waals surface area (Å²) < 4.78 is 9.25. The van der Waals surface area contributed by atoms with Gasteiger partial charge in [0.25, 0.3) is 0 Å². The minimum atomic E-state index is -0.366. The van der Waals surface area contributed by atoms with Crippen LogP contribution in [0.25, 0.3) is 0 Å². The lowest BCUT2D eigenvalue weighted by molar-refractivity contribution is -0.147. The van der Waals surface area contributed by atoms with Crippen LogP contribution in [-0.4, -0.2) is 28.0 Å². The summed E-state index contributed by atoms with van der Waals surface area (Å²) in [6, 6.07) is 0. The summed E-state index contributed by atoms with van der Waals surface area (Å²) in [7, 11) is 0. The molecule has 4 fully saturated rings. The van der Waals surface area contributed by atoms with E-state index in [1.54, 1.807) is 0 Å². The molecule has 0 aliphatic heterocycles. The SMILES string of the molecule is O=C(CCNC(=O)C12CC3CC(CC(C3)C1)C2)OCc1nnsc1Cl. The van der Waals surface area contributed by atoms with Crippen LogP contribution in [0.4, 0.5) is 0 Å². The fourth-order valence-corrected chi connectivity index (χ4v) is 5.96. The Hall–Kier alpha value is -1.21. The Balaban J connectivity index is 1.23. The van der Waals surface area contributed by atoms with E-state index in [0.717, 1.165) is 48.5 Å². The molecular formula is C17H22ClN3O3S. The predicted molar refractivity (Wildman–Crippen MR) is 92.9 cm³/mol. The molecule has 4 aliphatic rings. The average molecular weight is 384 g/mol. The van der Waals surface area contributed by atoms with Crippen molar-refractivity contribution in [1.29, 1.82) is 0 Å². The van der Waals surface area contributed by atoms with Crippen LogP contribution in [0.5, 0.6) is 0 Å². The molecule has 4 saturated carbocycles. The van der Waals surface area contributed by atoms with E-state index in [0.29, 0.717) is 16.6 Å². The second kappa shape index (κ2) is 6.83. The molecule has 8 heteroatoms. The van der Waals surface area contributed by atoms with Crippen LogP contribution >= 0.6 is 23.1 Å². The van der Waals surface area contributed by atoms with Gasteiger partial charge in [-0.3, -0.25) is 9.59 Å². The third-order valence-electron chi connectivity index (χ3n) is 6.01. The molecule has 1 aromatic heterocycles. The normalized spacial score (nSPS) is 32.6. The number of aromatic nitrogens is 2. The number of hydrogen-bond acceptors (Lipinski definition) is 6. The van der Waals surface area contributed by atoms with Gasteiger partial charge in [0.15, 0.2) is 0 Å². The van der Waals surface area contributed by atoms with E-state index in [1.165, 1.54) is 19.3 Å². The van der Waals surface area contributed by atoms with Crippen molar-refractivity contribution < 1.29 is 14.3 Å². The summed E-state index contributed by atoms with van der Waals surface area (Å²) in [4.78, 5) is 24.6. The third-order valence-corrected chi connectivity index (χ3v) is 7.00. The maximum atomic E-state index is 12.8. The summed E-state index contributed by atoms with van der Waals surface area (Å²) in [5.74, 6) is 1.98. The quantitative estimate of drug-likeness (QED) is 0.764. The average Bonchev–Trinajstić information content (AvgIpc) is 2.96. The van der Waals surface area contributed by atoms with E-state index in [9.17, 15) is 9.59 Å². The number of carbonyl (C=O) groups is 2. The highest BCUT2D eigenvalue weighted by atomic mass is 35.5. The first-order chi connectivity index (χ1) is 12.0.